The van der Waals surface area contributed by atoms with Gasteiger partial charge in [-0.25, -0.2) is 4.79 Å². The minimum atomic E-state index is -0.477. The number of nitrogens with zero attached hydrogens (tertiary/aromatic N) is 1. The molecule has 188 valence electrons. The number of carbonyl (C=O) groups is 2. The number of rotatable bonds is 4. The average Bonchev–Trinajstić information content (AvgIpc) is 2.85. The van der Waals surface area contributed by atoms with Gasteiger partial charge < -0.3 is 10.1 Å². The maximum atomic E-state index is 13.0. The molecule has 3 aromatic carbocycles. The van der Waals surface area contributed by atoms with Crippen molar-refractivity contribution in [3.8, 4) is 0 Å². The van der Waals surface area contributed by atoms with Crippen LogP contribution in [0.1, 0.15) is 72.6 Å². The third-order valence-electron chi connectivity index (χ3n) is 6.60. The fraction of sp³-hybridized carbons (Fsp3) is 0.310. The van der Waals surface area contributed by atoms with Gasteiger partial charge in [0.2, 0.25) is 0 Å². The summed E-state index contributed by atoms with van der Waals surface area (Å²) >= 11 is 12.5. The molecule has 0 aliphatic heterocycles. The van der Waals surface area contributed by atoms with E-state index in [1.54, 1.807) is 17.0 Å². The van der Waals surface area contributed by atoms with Gasteiger partial charge in [0.25, 0.3) is 5.91 Å². The lowest BCUT2D eigenvalue weighted by Gasteiger charge is -2.44. The molecule has 1 N–H and O–H groups in total. The van der Waals surface area contributed by atoms with Gasteiger partial charge >= 0.3 is 6.09 Å². The van der Waals surface area contributed by atoms with Crippen LogP contribution in [-0.4, -0.2) is 29.5 Å². The van der Waals surface area contributed by atoms with Crippen molar-refractivity contribution in [1.82, 2.24) is 4.90 Å². The molecule has 36 heavy (non-hydrogen) atoms. The van der Waals surface area contributed by atoms with Gasteiger partial charge in [-0.1, -0.05) is 53.5 Å². The van der Waals surface area contributed by atoms with Crippen molar-refractivity contribution in [3.05, 3.63) is 99.0 Å². The number of methoxy groups -OCH3 is 1. The highest BCUT2D eigenvalue weighted by Crippen LogP contribution is 2.47. The SMILES string of the molecule is COC(=O)N([C@H]1CC[C@@H](c2ccc(Cl)c(Cl)c2)c2ccc(NC(=O)c3ccccc3)cc21)C(C)(C)C. The number of carbonyl (C=O) groups excluding carboxylic acids is 2. The van der Waals surface area contributed by atoms with E-state index in [0.29, 0.717) is 21.3 Å². The lowest BCUT2D eigenvalue weighted by molar-refractivity contribution is 0.0502. The first-order chi connectivity index (χ1) is 17.1. The highest BCUT2D eigenvalue weighted by Gasteiger charge is 2.39. The maximum absolute atomic E-state index is 13.0. The summed E-state index contributed by atoms with van der Waals surface area (Å²) < 4.78 is 5.19. The Balaban J connectivity index is 1.79. The maximum Gasteiger partial charge on any atom is 0.410 e. The fourth-order valence-electron chi connectivity index (χ4n) is 5.00. The first-order valence-corrected chi connectivity index (χ1v) is 12.7. The number of benzene rings is 3. The average molecular weight is 525 g/mol. The molecule has 0 heterocycles. The zero-order valence-corrected chi connectivity index (χ0v) is 22.4. The van der Waals surface area contributed by atoms with Crippen molar-refractivity contribution in [2.24, 2.45) is 0 Å². The second kappa shape index (κ2) is 10.5. The van der Waals surface area contributed by atoms with Crippen molar-refractivity contribution in [2.45, 2.75) is 51.1 Å². The van der Waals surface area contributed by atoms with Crippen LogP contribution in [0.5, 0.6) is 0 Å². The molecule has 0 saturated carbocycles. The van der Waals surface area contributed by atoms with E-state index in [4.69, 9.17) is 27.9 Å². The number of hydrogen-bond acceptors (Lipinski definition) is 3. The molecular weight excluding hydrogens is 495 g/mol. The van der Waals surface area contributed by atoms with Gasteiger partial charge in [0.05, 0.1) is 23.2 Å². The van der Waals surface area contributed by atoms with Gasteiger partial charge in [0, 0.05) is 22.7 Å². The monoisotopic (exact) mass is 524 g/mol. The Morgan fingerprint density at radius 2 is 1.64 bits per heavy atom. The summed E-state index contributed by atoms with van der Waals surface area (Å²) in [5, 5.41) is 4.03. The zero-order valence-electron chi connectivity index (χ0n) is 20.8. The minimum Gasteiger partial charge on any atom is -0.453 e. The molecule has 1 aliphatic rings. The summed E-state index contributed by atoms with van der Waals surface area (Å²) in [5.74, 6) is -0.117. The molecule has 4 rings (SSSR count). The fourth-order valence-corrected chi connectivity index (χ4v) is 5.30. The molecule has 0 unspecified atom stereocenters. The predicted octanol–water partition coefficient (Wildman–Crippen LogP) is 8.08. The van der Waals surface area contributed by atoms with E-state index >= 15 is 0 Å². The molecule has 0 fully saturated rings. The molecule has 1 aliphatic carbocycles. The van der Waals surface area contributed by atoms with Crippen LogP contribution < -0.4 is 5.32 Å². The number of fused-ring (bicyclic) bond motifs is 1. The Kier molecular flexibility index (Phi) is 7.62. The lowest BCUT2D eigenvalue weighted by Crippen LogP contribution is -2.48. The summed E-state index contributed by atoms with van der Waals surface area (Å²) in [7, 11) is 1.40. The smallest absolute Gasteiger partial charge is 0.410 e. The number of hydrogen-bond donors (Lipinski definition) is 1. The number of nitrogens with one attached hydrogen (secondary N) is 1. The molecule has 0 aromatic heterocycles. The second-order valence-electron chi connectivity index (χ2n) is 9.99. The molecule has 7 heteroatoms. The Bertz CT molecular complexity index is 1270. The lowest BCUT2D eigenvalue weighted by atomic mass is 9.75. The van der Waals surface area contributed by atoms with Crippen molar-refractivity contribution >= 4 is 40.9 Å². The third kappa shape index (κ3) is 5.37. The van der Waals surface area contributed by atoms with Crippen LogP contribution in [0.2, 0.25) is 10.0 Å². The molecular formula is C29H30Cl2N2O3. The number of anilines is 1. The van der Waals surface area contributed by atoms with E-state index in [9.17, 15) is 9.59 Å². The van der Waals surface area contributed by atoms with Gasteiger partial charge in [-0.2, -0.15) is 0 Å². The molecule has 0 bridgehead atoms. The van der Waals surface area contributed by atoms with Crippen LogP contribution in [-0.2, 0) is 4.74 Å². The topological polar surface area (TPSA) is 58.6 Å². The van der Waals surface area contributed by atoms with Gasteiger partial charge in [-0.3, -0.25) is 9.69 Å². The zero-order chi connectivity index (χ0) is 26.0. The van der Waals surface area contributed by atoms with Crippen molar-refractivity contribution in [1.29, 1.82) is 0 Å². The largest absolute Gasteiger partial charge is 0.453 e. The Hall–Kier alpha value is -3.02. The number of amides is 2. The van der Waals surface area contributed by atoms with Crippen LogP contribution >= 0.6 is 23.2 Å². The summed E-state index contributed by atoms with van der Waals surface area (Å²) in [4.78, 5) is 27.6. The Labute approximate surface area is 222 Å². The highest BCUT2D eigenvalue weighted by molar-refractivity contribution is 6.42. The number of ether oxygens (including phenoxy) is 1. The normalized spacial score (nSPS) is 17.2. The summed E-state index contributed by atoms with van der Waals surface area (Å²) in [6.45, 7) is 5.99. The van der Waals surface area contributed by atoms with Crippen LogP contribution in [0.25, 0.3) is 0 Å². The standard InChI is InChI=1S/C29H30Cl2N2O3/c1-29(2,3)33(28(35)36-4)26-15-13-21(19-10-14-24(30)25(31)16-19)22-12-11-20(17-23(22)26)32-27(34)18-8-6-5-7-9-18/h5-12,14,16-17,21,26H,13,15H2,1-4H3,(H,32,34)/t21-,26-/m0/s1. The van der Waals surface area contributed by atoms with E-state index in [-0.39, 0.29) is 24.0 Å². The van der Waals surface area contributed by atoms with Crippen LogP contribution in [0.3, 0.4) is 0 Å². The van der Waals surface area contributed by atoms with E-state index in [0.717, 1.165) is 29.5 Å². The molecule has 5 nitrogen and oxygen atoms in total. The molecule has 2 atom stereocenters. The highest BCUT2D eigenvalue weighted by atomic mass is 35.5. The molecule has 3 aromatic rings. The predicted molar refractivity (Wildman–Crippen MR) is 145 cm³/mol. The Morgan fingerprint density at radius 1 is 0.917 bits per heavy atom. The first kappa shape index (κ1) is 26.1. The minimum absolute atomic E-state index is 0.0735. The summed E-state index contributed by atoms with van der Waals surface area (Å²) in [6, 6.07) is 20.5. The van der Waals surface area contributed by atoms with E-state index < -0.39 is 5.54 Å². The van der Waals surface area contributed by atoms with Gasteiger partial charge in [0.15, 0.2) is 0 Å². The van der Waals surface area contributed by atoms with Crippen LogP contribution in [0.15, 0.2) is 66.7 Å². The van der Waals surface area contributed by atoms with E-state index in [2.05, 4.69) is 5.32 Å². The Morgan fingerprint density at radius 3 is 2.28 bits per heavy atom. The number of halogens is 2. The first-order valence-electron chi connectivity index (χ1n) is 11.9. The van der Waals surface area contributed by atoms with Crippen LogP contribution in [0.4, 0.5) is 10.5 Å². The van der Waals surface area contributed by atoms with Crippen LogP contribution in [0, 0.1) is 0 Å². The van der Waals surface area contributed by atoms with Gasteiger partial charge in [-0.15, -0.1) is 0 Å². The summed E-state index contributed by atoms with van der Waals surface area (Å²) in [5.41, 5.74) is 3.89. The summed E-state index contributed by atoms with van der Waals surface area (Å²) in [6.07, 6.45) is 1.15. The van der Waals surface area contributed by atoms with Crippen molar-refractivity contribution in [2.75, 3.05) is 12.4 Å². The van der Waals surface area contributed by atoms with Crippen molar-refractivity contribution in [3.63, 3.8) is 0 Å². The van der Waals surface area contributed by atoms with Gasteiger partial charge in [-0.05, 0) is 86.7 Å². The van der Waals surface area contributed by atoms with E-state index in [1.165, 1.54) is 7.11 Å². The molecule has 0 radical (unpaired) electrons. The molecule has 2 amide bonds. The van der Waals surface area contributed by atoms with E-state index in [1.807, 2.05) is 75.4 Å². The molecule has 0 spiro atoms. The third-order valence-corrected chi connectivity index (χ3v) is 7.33. The van der Waals surface area contributed by atoms with Crippen molar-refractivity contribution < 1.29 is 14.3 Å². The quantitative estimate of drug-likeness (QED) is 0.375. The molecule has 0 saturated heterocycles. The second-order valence-corrected chi connectivity index (χ2v) is 10.8. The van der Waals surface area contributed by atoms with Gasteiger partial charge in [0.1, 0.15) is 0 Å².